The summed E-state index contributed by atoms with van der Waals surface area (Å²) in [7, 11) is 0. The van der Waals surface area contributed by atoms with Crippen molar-refractivity contribution in [3.8, 4) is 6.07 Å². The molecule has 0 unspecified atom stereocenters. The maximum Gasteiger partial charge on any atom is 0.148 e. The molecule has 0 aliphatic heterocycles. The Labute approximate surface area is 76.5 Å². The fraction of sp³-hybridized carbons (Fsp3) is 0.0909. The molecule has 2 aromatic rings. The molecule has 0 N–H and O–H groups in total. The first kappa shape index (κ1) is 7.75. The van der Waals surface area contributed by atoms with Gasteiger partial charge in [0.1, 0.15) is 11.8 Å². The number of nitriles is 1. The van der Waals surface area contributed by atoms with E-state index in [2.05, 4.69) is 11.1 Å². The van der Waals surface area contributed by atoms with E-state index in [-0.39, 0.29) is 0 Å². The van der Waals surface area contributed by atoms with Gasteiger partial charge in [0.2, 0.25) is 0 Å². The maximum atomic E-state index is 8.81. The Morgan fingerprint density at radius 1 is 1.23 bits per heavy atom. The van der Waals surface area contributed by atoms with Crippen LogP contribution in [0.4, 0.5) is 0 Å². The number of aryl methyl sites for hydroxylation is 1. The van der Waals surface area contributed by atoms with E-state index in [0.717, 1.165) is 16.3 Å². The van der Waals surface area contributed by atoms with E-state index in [9.17, 15) is 0 Å². The summed E-state index contributed by atoms with van der Waals surface area (Å²) in [6.45, 7) is 2.00. The molecule has 0 fully saturated rings. The standard InChI is InChI=1S/C11H8N2/c1-8-7-13-11(6-12)10-5-3-2-4-9(8)10/h2-5,7H,1H3. The SMILES string of the molecule is Cc1cnc(C#N)c2ccccc12. The van der Waals surface area contributed by atoms with Gasteiger partial charge >= 0.3 is 0 Å². The normalized spacial score (nSPS) is 9.85. The van der Waals surface area contributed by atoms with Crippen molar-refractivity contribution in [1.29, 1.82) is 5.26 Å². The van der Waals surface area contributed by atoms with Gasteiger partial charge in [-0.25, -0.2) is 4.98 Å². The Balaban J connectivity index is 2.95. The van der Waals surface area contributed by atoms with Crippen LogP contribution in [0.25, 0.3) is 10.8 Å². The summed E-state index contributed by atoms with van der Waals surface area (Å²) < 4.78 is 0. The highest BCUT2D eigenvalue weighted by Crippen LogP contribution is 2.19. The van der Waals surface area contributed by atoms with Crippen molar-refractivity contribution in [1.82, 2.24) is 4.98 Å². The van der Waals surface area contributed by atoms with Crippen molar-refractivity contribution in [3.05, 3.63) is 41.7 Å². The number of hydrogen-bond acceptors (Lipinski definition) is 2. The molecule has 1 aromatic heterocycles. The molecular weight excluding hydrogens is 160 g/mol. The van der Waals surface area contributed by atoms with Gasteiger partial charge in [0, 0.05) is 11.6 Å². The molecule has 62 valence electrons. The molecule has 0 saturated heterocycles. The van der Waals surface area contributed by atoms with Gasteiger partial charge in [-0.2, -0.15) is 5.26 Å². The van der Waals surface area contributed by atoms with E-state index in [0.29, 0.717) is 5.69 Å². The highest BCUT2D eigenvalue weighted by molar-refractivity contribution is 5.88. The summed E-state index contributed by atoms with van der Waals surface area (Å²) >= 11 is 0. The van der Waals surface area contributed by atoms with Gasteiger partial charge in [-0.1, -0.05) is 24.3 Å². The zero-order chi connectivity index (χ0) is 9.26. The van der Waals surface area contributed by atoms with Gasteiger partial charge in [0.05, 0.1) is 0 Å². The zero-order valence-corrected chi connectivity index (χ0v) is 7.28. The summed E-state index contributed by atoms with van der Waals surface area (Å²) in [6, 6.07) is 9.91. The lowest BCUT2D eigenvalue weighted by Gasteiger charge is -2.01. The van der Waals surface area contributed by atoms with E-state index >= 15 is 0 Å². The highest BCUT2D eigenvalue weighted by Gasteiger charge is 2.02. The second-order valence-corrected chi connectivity index (χ2v) is 2.95. The van der Waals surface area contributed by atoms with Crippen molar-refractivity contribution in [3.63, 3.8) is 0 Å². The van der Waals surface area contributed by atoms with E-state index in [4.69, 9.17) is 5.26 Å². The fourth-order valence-electron chi connectivity index (χ4n) is 1.42. The minimum atomic E-state index is 0.501. The quantitative estimate of drug-likeness (QED) is 0.605. The lowest BCUT2D eigenvalue weighted by molar-refractivity contribution is 1.26. The third-order valence-corrected chi connectivity index (χ3v) is 2.10. The molecule has 2 rings (SSSR count). The van der Waals surface area contributed by atoms with E-state index in [1.54, 1.807) is 6.20 Å². The largest absolute Gasteiger partial charge is 0.245 e. The monoisotopic (exact) mass is 168 g/mol. The van der Waals surface area contributed by atoms with Crippen LogP contribution in [-0.4, -0.2) is 4.98 Å². The smallest absolute Gasteiger partial charge is 0.148 e. The highest BCUT2D eigenvalue weighted by atomic mass is 14.7. The molecule has 0 spiro atoms. The Bertz CT molecular complexity index is 495. The summed E-state index contributed by atoms with van der Waals surface area (Å²) in [6.07, 6.45) is 1.74. The van der Waals surface area contributed by atoms with Crippen molar-refractivity contribution in [2.24, 2.45) is 0 Å². The molecule has 0 radical (unpaired) electrons. The zero-order valence-electron chi connectivity index (χ0n) is 7.28. The second-order valence-electron chi connectivity index (χ2n) is 2.95. The van der Waals surface area contributed by atoms with Crippen LogP contribution in [0, 0.1) is 18.3 Å². The predicted octanol–water partition coefficient (Wildman–Crippen LogP) is 2.41. The molecular formula is C11H8N2. The molecule has 2 nitrogen and oxygen atoms in total. The third-order valence-electron chi connectivity index (χ3n) is 2.10. The molecule has 1 heterocycles. The van der Waals surface area contributed by atoms with Crippen LogP contribution in [0.1, 0.15) is 11.3 Å². The van der Waals surface area contributed by atoms with Gasteiger partial charge in [-0.05, 0) is 17.9 Å². The second kappa shape index (κ2) is 2.87. The summed E-state index contributed by atoms with van der Waals surface area (Å²) in [5.74, 6) is 0. The summed E-state index contributed by atoms with van der Waals surface area (Å²) in [5, 5.41) is 10.9. The summed E-state index contributed by atoms with van der Waals surface area (Å²) in [5.41, 5.74) is 1.61. The van der Waals surface area contributed by atoms with Gasteiger partial charge in [-0.3, -0.25) is 0 Å². The Morgan fingerprint density at radius 3 is 2.62 bits per heavy atom. The van der Waals surface area contributed by atoms with Gasteiger partial charge in [-0.15, -0.1) is 0 Å². The van der Waals surface area contributed by atoms with Crippen molar-refractivity contribution < 1.29 is 0 Å². The van der Waals surface area contributed by atoms with Crippen LogP contribution in [0.3, 0.4) is 0 Å². The maximum absolute atomic E-state index is 8.81. The number of pyridine rings is 1. The number of nitrogens with zero attached hydrogens (tertiary/aromatic N) is 2. The van der Waals surface area contributed by atoms with Crippen molar-refractivity contribution >= 4 is 10.8 Å². The molecule has 0 aliphatic rings. The van der Waals surface area contributed by atoms with Gasteiger partial charge in [0.25, 0.3) is 0 Å². The van der Waals surface area contributed by atoms with Gasteiger partial charge < -0.3 is 0 Å². The van der Waals surface area contributed by atoms with Crippen LogP contribution in [-0.2, 0) is 0 Å². The number of hydrogen-bond donors (Lipinski definition) is 0. The number of aromatic nitrogens is 1. The molecule has 0 saturated carbocycles. The molecule has 0 atom stereocenters. The molecule has 1 aromatic carbocycles. The topological polar surface area (TPSA) is 36.7 Å². The first-order chi connectivity index (χ1) is 6.33. The minimum Gasteiger partial charge on any atom is -0.245 e. The van der Waals surface area contributed by atoms with E-state index in [1.165, 1.54) is 0 Å². The molecule has 0 aliphatic carbocycles. The first-order valence-corrected chi connectivity index (χ1v) is 4.07. The predicted molar refractivity (Wildman–Crippen MR) is 51.2 cm³/mol. The van der Waals surface area contributed by atoms with Crippen molar-refractivity contribution in [2.75, 3.05) is 0 Å². The summed E-state index contributed by atoms with van der Waals surface area (Å²) in [4.78, 5) is 4.06. The Morgan fingerprint density at radius 2 is 1.92 bits per heavy atom. The first-order valence-electron chi connectivity index (χ1n) is 4.07. The third kappa shape index (κ3) is 1.15. The van der Waals surface area contributed by atoms with Crippen LogP contribution >= 0.6 is 0 Å². The van der Waals surface area contributed by atoms with Crippen LogP contribution < -0.4 is 0 Å². The fourth-order valence-corrected chi connectivity index (χ4v) is 1.42. The average molecular weight is 168 g/mol. The van der Waals surface area contributed by atoms with Gasteiger partial charge in [0.15, 0.2) is 0 Å². The van der Waals surface area contributed by atoms with E-state index in [1.807, 2.05) is 31.2 Å². The minimum absolute atomic E-state index is 0.501. The number of fused-ring (bicyclic) bond motifs is 1. The van der Waals surface area contributed by atoms with Crippen LogP contribution in [0.2, 0.25) is 0 Å². The lowest BCUT2D eigenvalue weighted by Crippen LogP contribution is -1.87. The average Bonchev–Trinajstić information content (AvgIpc) is 2.19. The Hall–Kier alpha value is -1.88. The van der Waals surface area contributed by atoms with E-state index < -0.39 is 0 Å². The number of rotatable bonds is 0. The number of benzene rings is 1. The molecule has 0 bridgehead atoms. The van der Waals surface area contributed by atoms with Crippen LogP contribution in [0.5, 0.6) is 0 Å². The lowest BCUT2D eigenvalue weighted by atomic mass is 10.1. The molecule has 13 heavy (non-hydrogen) atoms. The van der Waals surface area contributed by atoms with Crippen molar-refractivity contribution in [2.45, 2.75) is 6.92 Å². The molecule has 0 amide bonds. The molecule has 2 heteroatoms. The Kier molecular flexibility index (Phi) is 1.71. The van der Waals surface area contributed by atoms with Crippen LogP contribution in [0.15, 0.2) is 30.5 Å².